The fourth-order valence-corrected chi connectivity index (χ4v) is 4.44. The largest absolute Gasteiger partial charge is 0.369 e. The summed E-state index contributed by atoms with van der Waals surface area (Å²) >= 11 is 6.15. The van der Waals surface area contributed by atoms with Gasteiger partial charge in [0.2, 0.25) is 5.91 Å². The predicted molar refractivity (Wildman–Crippen MR) is 117 cm³/mol. The summed E-state index contributed by atoms with van der Waals surface area (Å²) in [5.74, 6) is -0.0752. The number of nitrogens with two attached hydrogens (primary N) is 1. The highest BCUT2D eigenvalue weighted by molar-refractivity contribution is 6.32. The van der Waals surface area contributed by atoms with Gasteiger partial charge in [-0.2, -0.15) is 10.5 Å². The van der Waals surface area contributed by atoms with Crippen molar-refractivity contribution >= 4 is 23.2 Å². The van der Waals surface area contributed by atoms with Gasteiger partial charge in [0.25, 0.3) is 0 Å². The van der Waals surface area contributed by atoms with Crippen LogP contribution in [0.2, 0.25) is 5.02 Å². The number of nitriles is 2. The Morgan fingerprint density at radius 3 is 2.63 bits per heavy atom. The molecule has 7 nitrogen and oxygen atoms in total. The lowest BCUT2D eigenvalue weighted by atomic mass is 10.1. The molecule has 0 spiro atoms. The molecule has 0 saturated carbocycles. The lowest BCUT2D eigenvalue weighted by molar-refractivity contribution is -0.132. The van der Waals surface area contributed by atoms with Crippen LogP contribution >= 0.6 is 11.6 Å². The highest BCUT2D eigenvalue weighted by atomic mass is 35.5. The van der Waals surface area contributed by atoms with Gasteiger partial charge < -0.3 is 15.5 Å². The zero-order chi connectivity index (χ0) is 21.5. The number of rotatable bonds is 7. The third-order valence-electron chi connectivity index (χ3n) is 6.05. The molecule has 0 bridgehead atoms. The average Bonchev–Trinajstić information content (AvgIpc) is 3.25. The Bertz CT molecular complexity index is 824. The van der Waals surface area contributed by atoms with Crippen molar-refractivity contribution in [2.24, 2.45) is 5.73 Å². The Morgan fingerprint density at radius 1 is 1.20 bits per heavy atom. The minimum absolute atomic E-state index is 0.0752. The van der Waals surface area contributed by atoms with Gasteiger partial charge in [0, 0.05) is 38.4 Å². The van der Waals surface area contributed by atoms with Gasteiger partial charge in [0.15, 0.2) is 0 Å². The molecule has 0 unspecified atom stereocenters. The molecule has 2 fully saturated rings. The van der Waals surface area contributed by atoms with Gasteiger partial charge in [-0.05, 0) is 50.4 Å². The van der Waals surface area contributed by atoms with Crippen molar-refractivity contribution in [2.75, 3.05) is 44.2 Å². The molecule has 1 aromatic rings. The van der Waals surface area contributed by atoms with E-state index < -0.39 is 6.04 Å². The maximum atomic E-state index is 12.5. The number of halogens is 1. The van der Waals surface area contributed by atoms with Gasteiger partial charge in [-0.1, -0.05) is 18.0 Å². The van der Waals surface area contributed by atoms with Gasteiger partial charge in [0.05, 0.1) is 22.7 Å². The number of unbranched alkanes of at least 4 members (excludes halogenated alkanes) is 1. The number of carbonyl (C=O) groups is 1. The molecule has 1 aromatic carbocycles. The van der Waals surface area contributed by atoms with E-state index >= 15 is 0 Å². The van der Waals surface area contributed by atoms with Gasteiger partial charge in [0.1, 0.15) is 12.1 Å². The zero-order valence-corrected chi connectivity index (χ0v) is 18.0. The first-order valence-electron chi connectivity index (χ1n) is 10.7. The maximum absolute atomic E-state index is 12.5. The molecule has 2 atom stereocenters. The molecule has 2 aliphatic rings. The van der Waals surface area contributed by atoms with Gasteiger partial charge >= 0.3 is 0 Å². The molecule has 2 aliphatic heterocycles. The van der Waals surface area contributed by atoms with Crippen LogP contribution in [0, 0.1) is 22.7 Å². The number of nitrogens with zero attached hydrogens (tertiary/aromatic N) is 5. The number of hydrogen-bond donors (Lipinski definition) is 1. The normalized spacial score (nSPS) is 20.6. The Morgan fingerprint density at radius 2 is 1.97 bits per heavy atom. The fraction of sp³-hybridized carbons (Fsp3) is 0.591. The Labute approximate surface area is 183 Å². The van der Waals surface area contributed by atoms with E-state index in [0.717, 1.165) is 64.1 Å². The van der Waals surface area contributed by atoms with Crippen molar-refractivity contribution in [1.29, 1.82) is 10.5 Å². The van der Waals surface area contributed by atoms with Crippen LogP contribution in [0.4, 0.5) is 5.69 Å². The minimum Gasteiger partial charge on any atom is -0.369 e. The van der Waals surface area contributed by atoms with Gasteiger partial charge in [-0.15, -0.1) is 0 Å². The van der Waals surface area contributed by atoms with Crippen molar-refractivity contribution in [3.05, 3.63) is 28.8 Å². The molecule has 0 aromatic heterocycles. The number of amides is 1. The second kappa shape index (κ2) is 10.6. The summed E-state index contributed by atoms with van der Waals surface area (Å²) in [4.78, 5) is 18.8. The van der Waals surface area contributed by atoms with Crippen molar-refractivity contribution in [2.45, 2.75) is 44.2 Å². The summed E-state index contributed by atoms with van der Waals surface area (Å²) in [6.07, 6.45) is 4.22. The number of carbonyl (C=O) groups excluding carboxylic acids is 1. The number of benzene rings is 1. The molecule has 1 amide bonds. The number of piperazine rings is 1. The van der Waals surface area contributed by atoms with Crippen LogP contribution in [0.3, 0.4) is 0 Å². The van der Waals surface area contributed by atoms with Crippen LogP contribution in [0.25, 0.3) is 0 Å². The van der Waals surface area contributed by atoms with E-state index in [9.17, 15) is 4.79 Å². The highest BCUT2D eigenvalue weighted by Gasteiger charge is 2.31. The molecule has 160 valence electrons. The molecule has 2 N–H and O–H groups in total. The smallest absolute Gasteiger partial charge is 0.240 e. The summed E-state index contributed by atoms with van der Waals surface area (Å²) in [6, 6.07) is 9.08. The van der Waals surface area contributed by atoms with Crippen LogP contribution in [0.15, 0.2) is 18.2 Å². The van der Waals surface area contributed by atoms with E-state index in [1.165, 1.54) is 0 Å². The topological polar surface area (TPSA) is 100 Å². The zero-order valence-electron chi connectivity index (χ0n) is 17.3. The van der Waals surface area contributed by atoms with Gasteiger partial charge in [-0.25, -0.2) is 0 Å². The van der Waals surface area contributed by atoms with Crippen molar-refractivity contribution < 1.29 is 4.79 Å². The summed E-state index contributed by atoms with van der Waals surface area (Å²) in [5.41, 5.74) is 7.66. The first-order valence-corrected chi connectivity index (χ1v) is 11.0. The molecule has 30 heavy (non-hydrogen) atoms. The summed E-state index contributed by atoms with van der Waals surface area (Å²) in [5, 5.41) is 18.6. The van der Waals surface area contributed by atoms with Crippen LogP contribution in [-0.4, -0.2) is 67.1 Å². The van der Waals surface area contributed by atoms with E-state index in [1.54, 1.807) is 11.0 Å². The minimum atomic E-state index is -0.503. The monoisotopic (exact) mass is 428 g/mol. The first-order chi connectivity index (χ1) is 14.5. The van der Waals surface area contributed by atoms with E-state index in [4.69, 9.17) is 27.9 Å². The third-order valence-corrected chi connectivity index (χ3v) is 6.36. The van der Waals surface area contributed by atoms with Crippen LogP contribution in [-0.2, 0) is 4.79 Å². The van der Waals surface area contributed by atoms with E-state index in [-0.39, 0.29) is 11.9 Å². The van der Waals surface area contributed by atoms with Crippen molar-refractivity contribution in [3.63, 3.8) is 0 Å². The Balaban J connectivity index is 1.35. The maximum Gasteiger partial charge on any atom is 0.240 e. The molecule has 2 saturated heterocycles. The van der Waals surface area contributed by atoms with Crippen LogP contribution < -0.4 is 10.6 Å². The van der Waals surface area contributed by atoms with E-state index in [1.807, 2.05) is 12.1 Å². The Hall–Kier alpha value is -2.32. The van der Waals surface area contributed by atoms with Gasteiger partial charge in [-0.3, -0.25) is 9.69 Å². The molecule has 0 aliphatic carbocycles. The lowest BCUT2D eigenvalue weighted by Crippen LogP contribution is -2.47. The molecule has 0 radical (unpaired) electrons. The fourth-order valence-electron chi connectivity index (χ4n) is 4.22. The molecule has 8 heteroatoms. The molecule has 3 rings (SSSR count). The Kier molecular flexibility index (Phi) is 7.93. The second-order valence-electron chi connectivity index (χ2n) is 8.03. The quantitative estimate of drug-likeness (QED) is 0.669. The van der Waals surface area contributed by atoms with E-state index in [0.29, 0.717) is 23.6 Å². The lowest BCUT2D eigenvalue weighted by Gasteiger charge is -2.36. The number of anilines is 1. The van der Waals surface area contributed by atoms with Crippen LogP contribution in [0.5, 0.6) is 0 Å². The molecular weight excluding hydrogens is 400 g/mol. The summed E-state index contributed by atoms with van der Waals surface area (Å²) < 4.78 is 0. The third kappa shape index (κ3) is 5.43. The van der Waals surface area contributed by atoms with Crippen molar-refractivity contribution in [3.8, 4) is 12.1 Å². The number of likely N-dealkylation sites (tertiary alicyclic amines) is 1. The molecule has 2 heterocycles. The average molecular weight is 429 g/mol. The SMILES string of the molecule is N#Cc1ccc(N2CCN(CCCC[C@H](N)C(=O)N3CCC[C@H]3C#N)CC2)cc1Cl. The second-order valence-corrected chi connectivity index (χ2v) is 8.43. The first kappa shape index (κ1) is 22.4. The summed E-state index contributed by atoms with van der Waals surface area (Å²) in [7, 11) is 0. The van der Waals surface area contributed by atoms with Crippen molar-refractivity contribution in [1.82, 2.24) is 9.80 Å². The predicted octanol–water partition coefficient (Wildman–Crippen LogP) is 2.35. The summed E-state index contributed by atoms with van der Waals surface area (Å²) in [6.45, 7) is 5.43. The molecular formula is C22H29ClN6O. The van der Waals surface area contributed by atoms with E-state index in [2.05, 4.69) is 21.9 Å². The highest BCUT2D eigenvalue weighted by Crippen LogP contribution is 2.24. The van der Waals surface area contributed by atoms with Crippen LogP contribution in [0.1, 0.15) is 37.7 Å². The number of hydrogen-bond acceptors (Lipinski definition) is 6. The standard InChI is InChI=1S/C22H29ClN6O/c23-20-14-18(7-6-17(20)15-24)28-12-10-27(11-13-28)8-2-1-5-21(26)22(30)29-9-3-4-19(29)16-25/h6-7,14,19,21H,1-5,8-13,26H2/t19-,21-/m0/s1.